The van der Waals surface area contributed by atoms with Gasteiger partial charge in [-0.05, 0) is 19.3 Å². The molecule has 1 atom stereocenters. The average Bonchev–Trinajstić information content (AvgIpc) is 2.48. The van der Waals surface area contributed by atoms with E-state index in [1.54, 1.807) is 0 Å². The lowest BCUT2D eigenvalue weighted by molar-refractivity contribution is -0.140. The highest BCUT2D eigenvalue weighted by molar-refractivity contribution is 5.83. The van der Waals surface area contributed by atoms with Crippen molar-refractivity contribution in [3.63, 3.8) is 0 Å². The van der Waals surface area contributed by atoms with Crippen LogP contribution < -0.4 is 5.32 Å². The van der Waals surface area contributed by atoms with Crippen molar-refractivity contribution in [3.05, 3.63) is 0 Å². The fraction of sp³-hybridized carbons (Fsp3) is 0.786. The van der Waals surface area contributed by atoms with Gasteiger partial charge >= 0.3 is 5.97 Å². The van der Waals surface area contributed by atoms with E-state index in [-0.39, 0.29) is 36.9 Å². The number of carboxylic acid groups (broad SMARTS) is 1. The van der Waals surface area contributed by atoms with Crippen LogP contribution in [0.3, 0.4) is 0 Å². The minimum Gasteiger partial charge on any atom is -0.481 e. The van der Waals surface area contributed by atoms with Crippen molar-refractivity contribution < 1.29 is 24.2 Å². The molecule has 7 nitrogen and oxygen atoms in total. The van der Waals surface area contributed by atoms with Gasteiger partial charge in [0.1, 0.15) is 0 Å². The highest BCUT2D eigenvalue weighted by atomic mass is 16.5. The predicted molar refractivity (Wildman–Crippen MR) is 73.5 cm³/mol. The third-order valence-corrected chi connectivity index (χ3v) is 4.04. The van der Waals surface area contributed by atoms with E-state index in [0.717, 1.165) is 12.8 Å². The van der Waals surface area contributed by atoms with Crippen LogP contribution >= 0.6 is 0 Å². The Bertz CT molecular complexity index is 394. The molecule has 0 bridgehead atoms. The summed E-state index contributed by atoms with van der Waals surface area (Å²) in [5.74, 6) is -0.835. The zero-order chi connectivity index (χ0) is 15.2. The molecular weight excluding hydrogens is 276 g/mol. The largest absolute Gasteiger partial charge is 0.481 e. The number of carbonyl (C=O) groups is 3. The zero-order valence-corrected chi connectivity index (χ0v) is 12.0. The van der Waals surface area contributed by atoms with Gasteiger partial charge in [0.05, 0.1) is 25.0 Å². The van der Waals surface area contributed by atoms with Gasteiger partial charge in [-0.3, -0.25) is 14.4 Å². The van der Waals surface area contributed by atoms with E-state index in [2.05, 4.69) is 5.32 Å². The Morgan fingerprint density at radius 3 is 2.57 bits per heavy atom. The molecule has 118 valence electrons. The number of hydrogen-bond acceptors (Lipinski definition) is 4. The van der Waals surface area contributed by atoms with Gasteiger partial charge in [0.15, 0.2) is 0 Å². The van der Waals surface area contributed by atoms with Gasteiger partial charge in [-0.25, -0.2) is 0 Å². The fourth-order valence-electron chi connectivity index (χ4n) is 2.76. The summed E-state index contributed by atoms with van der Waals surface area (Å²) in [5, 5.41) is 11.3. The molecule has 2 aliphatic heterocycles. The highest BCUT2D eigenvalue weighted by Crippen LogP contribution is 2.19. The van der Waals surface area contributed by atoms with Crippen LogP contribution in [-0.2, 0) is 19.1 Å². The van der Waals surface area contributed by atoms with Crippen molar-refractivity contribution in [2.45, 2.75) is 38.2 Å². The average molecular weight is 298 g/mol. The number of aliphatic carboxylic acids is 1. The molecule has 0 saturated carbocycles. The standard InChI is InChI=1S/C14H22N2O5/c17-12-2-1-10(9-15-12)14(20)16-6-3-11(4-7-16)21-8-5-13(18)19/h10-11H,1-9H2,(H,15,17)(H,18,19). The van der Waals surface area contributed by atoms with Gasteiger partial charge in [-0.1, -0.05) is 0 Å². The van der Waals surface area contributed by atoms with E-state index in [1.165, 1.54) is 0 Å². The minimum absolute atomic E-state index is 0.0148. The van der Waals surface area contributed by atoms with Gasteiger partial charge in [0.2, 0.25) is 11.8 Å². The first-order chi connectivity index (χ1) is 10.1. The fourth-order valence-corrected chi connectivity index (χ4v) is 2.76. The summed E-state index contributed by atoms with van der Waals surface area (Å²) in [6.07, 6.45) is 2.58. The normalized spacial score (nSPS) is 23.7. The Kier molecular flexibility index (Phi) is 5.55. The first-order valence-corrected chi connectivity index (χ1v) is 7.45. The second kappa shape index (κ2) is 7.40. The summed E-state index contributed by atoms with van der Waals surface area (Å²) >= 11 is 0. The number of hydrogen-bond donors (Lipinski definition) is 2. The van der Waals surface area contributed by atoms with Gasteiger partial charge in [0, 0.05) is 26.1 Å². The van der Waals surface area contributed by atoms with E-state index in [0.29, 0.717) is 32.5 Å². The maximum atomic E-state index is 12.3. The molecule has 0 aromatic carbocycles. The number of carboxylic acids is 1. The molecule has 2 N–H and O–H groups in total. The summed E-state index contributed by atoms with van der Waals surface area (Å²) in [7, 11) is 0. The van der Waals surface area contributed by atoms with E-state index in [9.17, 15) is 14.4 Å². The van der Waals surface area contributed by atoms with Crippen molar-refractivity contribution in [2.24, 2.45) is 5.92 Å². The van der Waals surface area contributed by atoms with E-state index in [4.69, 9.17) is 9.84 Å². The van der Waals surface area contributed by atoms with Crippen molar-refractivity contribution in [1.82, 2.24) is 10.2 Å². The molecule has 0 aromatic heterocycles. The number of nitrogens with one attached hydrogen (secondary N) is 1. The number of amides is 2. The van der Waals surface area contributed by atoms with Crippen molar-refractivity contribution in [1.29, 1.82) is 0 Å². The van der Waals surface area contributed by atoms with Crippen molar-refractivity contribution in [3.8, 4) is 0 Å². The van der Waals surface area contributed by atoms with Gasteiger partial charge in [-0.2, -0.15) is 0 Å². The van der Waals surface area contributed by atoms with Crippen LogP contribution in [0.4, 0.5) is 0 Å². The Hall–Kier alpha value is -1.63. The number of ether oxygens (including phenoxy) is 1. The van der Waals surface area contributed by atoms with E-state index in [1.807, 2.05) is 4.90 Å². The summed E-state index contributed by atoms with van der Waals surface area (Å²) in [5.41, 5.74) is 0. The Balaban J connectivity index is 1.69. The number of rotatable bonds is 5. The molecule has 0 aliphatic carbocycles. The van der Waals surface area contributed by atoms with Gasteiger partial charge in [0.25, 0.3) is 0 Å². The molecule has 1 unspecified atom stereocenters. The molecular formula is C14H22N2O5. The first kappa shape index (κ1) is 15.8. The van der Waals surface area contributed by atoms with Crippen LogP contribution in [-0.4, -0.2) is 60.1 Å². The van der Waals surface area contributed by atoms with Crippen LogP contribution in [0.25, 0.3) is 0 Å². The lowest BCUT2D eigenvalue weighted by Gasteiger charge is -2.35. The summed E-state index contributed by atoms with van der Waals surface area (Å²) in [6, 6.07) is 0. The SMILES string of the molecule is O=C(O)CCOC1CCN(C(=O)C2CCC(=O)NC2)CC1. The predicted octanol–water partition coefficient (Wildman–Crippen LogP) is -0.00510. The Morgan fingerprint density at radius 2 is 2.00 bits per heavy atom. The third kappa shape index (κ3) is 4.70. The van der Waals surface area contributed by atoms with E-state index < -0.39 is 5.97 Å². The molecule has 2 fully saturated rings. The smallest absolute Gasteiger partial charge is 0.305 e. The maximum absolute atomic E-state index is 12.3. The molecule has 2 saturated heterocycles. The quantitative estimate of drug-likeness (QED) is 0.744. The molecule has 0 spiro atoms. The number of piperidine rings is 2. The molecule has 0 radical (unpaired) electrons. The summed E-state index contributed by atoms with van der Waals surface area (Å²) in [6.45, 7) is 1.94. The zero-order valence-electron chi connectivity index (χ0n) is 12.0. The molecule has 2 heterocycles. The van der Waals surface area contributed by atoms with E-state index >= 15 is 0 Å². The second-order valence-electron chi connectivity index (χ2n) is 5.58. The van der Waals surface area contributed by atoms with Crippen LogP contribution in [0.2, 0.25) is 0 Å². The van der Waals surface area contributed by atoms with Crippen LogP contribution in [0.1, 0.15) is 32.1 Å². The monoisotopic (exact) mass is 298 g/mol. The Morgan fingerprint density at radius 1 is 1.29 bits per heavy atom. The minimum atomic E-state index is -0.859. The second-order valence-corrected chi connectivity index (χ2v) is 5.58. The molecule has 2 amide bonds. The van der Waals surface area contributed by atoms with Crippen molar-refractivity contribution >= 4 is 17.8 Å². The van der Waals surface area contributed by atoms with Crippen LogP contribution in [0, 0.1) is 5.92 Å². The van der Waals surface area contributed by atoms with Crippen LogP contribution in [0.15, 0.2) is 0 Å². The van der Waals surface area contributed by atoms with Crippen molar-refractivity contribution in [2.75, 3.05) is 26.2 Å². The third-order valence-electron chi connectivity index (χ3n) is 4.04. The van der Waals surface area contributed by atoms with Gasteiger partial charge in [-0.15, -0.1) is 0 Å². The maximum Gasteiger partial charge on any atom is 0.305 e. The lowest BCUT2D eigenvalue weighted by atomic mass is 9.96. The molecule has 0 aromatic rings. The highest BCUT2D eigenvalue weighted by Gasteiger charge is 2.30. The summed E-state index contributed by atoms with van der Waals surface area (Å²) in [4.78, 5) is 35.7. The molecule has 2 aliphatic rings. The molecule has 2 rings (SSSR count). The topological polar surface area (TPSA) is 95.9 Å². The summed E-state index contributed by atoms with van der Waals surface area (Å²) < 4.78 is 5.51. The number of carbonyl (C=O) groups excluding carboxylic acids is 2. The molecule has 21 heavy (non-hydrogen) atoms. The molecule has 7 heteroatoms. The number of nitrogens with zero attached hydrogens (tertiary/aromatic N) is 1. The number of likely N-dealkylation sites (tertiary alicyclic amines) is 1. The van der Waals surface area contributed by atoms with Crippen LogP contribution in [0.5, 0.6) is 0 Å². The lowest BCUT2D eigenvalue weighted by Crippen LogP contribution is -2.48. The first-order valence-electron chi connectivity index (χ1n) is 7.45. The Labute approximate surface area is 123 Å². The van der Waals surface area contributed by atoms with Gasteiger partial charge < -0.3 is 20.1 Å².